The zero-order valence-corrected chi connectivity index (χ0v) is 9.36. The molecule has 0 saturated heterocycles. The Kier molecular flexibility index (Phi) is 4.51. The van der Waals surface area contributed by atoms with Crippen molar-refractivity contribution in [3.63, 3.8) is 0 Å². The summed E-state index contributed by atoms with van der Waals surface area (Å²) in [6.45, 7) is 4.76. The summed E-state index contributed by atoms with van der Waals surface area (Å²) in [4.78, 5) is 21.0. The molecule has 0 spiro atoms. The van der Waals surface area contributed by atoms with Gasteiger partial charge in [0.25, 0.3) is 0 Å². The highest BCUT2D eigenvalue weighted by Crippen LogP contribution is 2.29. The van der Waals surface area contributed by atoms with Gasteiger partial charge < -0.3 is 9.84 Å². The zero-order chi connectivity index (χ0) is 12.3. The second-order valence-electron chi connectivity index (χ2n) is 3.70. The second-order valence-corrected chi connectivity index (χ2v) is 4.79. The summed E-state index contributed by atoms with van der Waals surface area (Å²) in [6.07, 6.45) is 0. The van der Waals surface area contributed by atoms with Gasteiger partial charge in [-0.05, 0) is 20.8 Å². The fourth-order valence-corrected chi connectivity index (χ4v) is 1.06. The van der Waals surface area contributed by atoms with Crippen LogP contribution in [-0.2, 0) is 14.3 Å². The molecule has 88 valence electrons. The minimum atomic E-state index is -3.96. The van der Waals surface area contributed by atoms with Crippen LogP contribution in [0.3, 0.4) is 0 Å². The number of carboxylic acid groups (broad SMARTS) is 1. The number of carbonyl (C=O) groups is 2. The van der Waals surface area contributed by atoms with Crippen molar-refractivity contribution >= 4 is 23.7 Å². The van der Waals surface area contributed by atoms with Crippen LogP contribution in [0.5, 0.6) is 0 Å². The Morgan fingerprint density at radius 1 is 1.33 bits per heavy atom. The van der Waals surface area contributed by atoms with Crippen LogP contribution in [0.1, 0.15) is 20.8 Å². The molecule has 0 aliphatic heterocycles. The quantitative estimate of drug-likeness (QED) is 0.761. The molecule has 15 heavy (non-hydrogen) atoms. The fourth-order valence-electron chi connectivity index (χ4n) is 0.582. The minimum Gasteiger partial charge on any atom is -0.476 e. The molecule has 0 radical (unpaired) electrons. The maximum atomic E-state index is 12.5. The molecule has 0 bridgehead atoms. The molecule has 0 aromatic heterocycles. The first-order chi connectivity index (χ1) is 6.54. The van der Waals surface area contributed by atoms with Crippen LogP contribution in [0.2, 0.25) is 0 Å². The Morgan fingerprint density at radius 3 is 2.13 bits per heavy atom. The zero-order valence-electron chi connectivity index (χ0n) is 8.54. The van der Waals surface area contributed by atoms with Gasteiger partial charge >= 0.3 is 17.2 Å². The van der Waals surface area contributed by atoms with Gasteiger partial charge in [-0.3, -0.25) is 4.79 Å². The first kappa shape index (κ1) is 14.2. The number of rotatable bonds is 4. The Balaban J connectivity index is 4.07. The number of ether oxygens (including phenoxy) is 1. The van der Waals surface area contributed by atoms with Gasteiger partial charge in [0.1, 0.15) is 5.60 Å². The van der Waals surface area contributed by atoms with Gasteiger partial charge in [-0.2, -0.15) is 8.78 Å². The third-order valence-electron chi connectivity index (χ3n) is 1.04. The molecule has 0 amide bonds. The van der Waals surface area contributed by atoms with E-state index in [1.54, 1.807) is 20.8 Å². The summed E-state index contributed by atoms with van der Waals surface area (Å²) in [5, 5.41) is 4.10. The average molecular weight is 242 g/mol. The number of carboxylic acids is 1. The van der Waals surface area contributed by atoms with Gasteiger partial charge in [-0.15, -0.1) is 0 Å². The molecule has 0 aromatic carbocycles. The van der Waals surface area contributed by atoms with Crippen LogP contribution < -0.4 is 0 Å². The van der Waals surface area contributed by atoms with Crippen LogP contribution in [0.4, 0.5) is 8.78 Å². The van der Waals surface area contributed by atoms with Crippen molar-refractivity contribution in [3.8, 4) is 0 Å². The largest absolute Gasteiger partial charge is 0.476 e. The SMILES string of the molecule is CC(C)(C)OC(=O)CSC(F)(F)C(=O)O. The van der Waals surface area contributed by atoms with Crippen LogP contribution in [-0.4, -0.2) is 33.7 Å². The van der Waals surface area contributed by atoms with E-state index in [0.717, 1.165) is 0 Å². The maximum absolute atomic E-state index is 12.5. The van der Waals surface area contributed by atoms with Gasteiger partial charge in [0, 0.05) is 0 Å². The number of esters is 1. The molecule has 7 heteroatoms. The first-order valence-electron chi connectivity index (χ1n) is 4.01. The molecular formula is C8H12F2O4S. The summed E-state index contributed by atoms with van der Waals surface area (Å²) < 4.78 is 29.7. The van der Waals surface area contributed by atoms with E-state index < -0.39 is 28.5 Å². The molecule has 0 aromatic rings. The molecule has 0 fully saturated rings. The molecule has 0 unspecified atom stereocenters. The highest BCUT2D eigenvalue weighted by Gasteiger charge is 2.40. The van der Waals surface area contributed by atoms with Gasteiger partial charge in [0.15, 0.2) is 0 Å². The van der Waals surface area contributed by atoms with Gasteiger partial charge in [0.2, 0.25) is 0 Å². The van der Waals surface area contributed by atoms with Crippen LogP contribution >= 0.6 is 11.8 Å². The lowest BCUT2D eigenvalue weighted by Gasteiger charge is -2.19. The predicted molar refractivity (Wildman–Crippen MR) is 50.9 cm³/mol. The highest BCUT2D eigenvalue weighted by molar-refractivity contribution is 8.01. The van der Waals surface area contributed by atoms with Crippen molar-refractivity contribution in [2.24, 2.45) is 0 Å². The van der Waals surface area contributed by atoms with Gasteiger partial charge in [-0.1, -0.05) is 11.8 Å². The van der Waals surface area contributed by atoms with E-state index in [-0.39, 0.29) is 11.8 Å². The smallest absolute Gasteiger partial charge is 0.389 e. The summed E-state index contributed by atoms with van der Waals surface area (Å²) in [6, 6.07) is 0. The van der Waals surface area contributed by atoms with E-state index in [1.165, 1.54) is 0 Å². The van der Waals surface area contributed by atoms with E-state index in [4.69, 9.17) is 9.84 Å². The third kappa shape index (κ3) is 6.27. The van der Waals surface area contributed by atoms with Gasteiger partial charge in [-0.25, -0.2) is 4.79 Å². The van der Waals surface area contributed by atoms with E-state index in [9.17, 15) is 18.4 Å². The normalized spacial score (nSPS) is 12.3. The topological polar surface area (TPSA) is 63.6 Å². The van der Waals surface area contributed by atoms with Crippen molar-refractivity contribution in [2.75, 3.05) is 5.75 Å². The average Bonchev–Trinajstić information content (AvgIpc) is 1.97. The molecule has 0 heterocycles. The Bertz CT molecular complexity index is 260. The molecule has 0 rings (SSSR count). The Labute approximate surface area is 90.0 Å². The summed E-state index contributed by atoms with van der Waals surface area (Å²) in [5.74, 6) is -3.83. The maximum Gasteiger partial charge on any atom is 0.389 e. The number of aliphatic carboxylic acids is 1. The third-order valence-corrected chi connectivity index (χ3v) is 1.96. The highest BCUT2D eigenvalue weighted by atomic mass is 32.2. The number of halogens is 2. The van der Waals surface area contributed by atoms with E-state index in [2.05, 4.69) is 0 Å². The van der Waals surface area contributed by atoms with Gasteiger partial charge in [0.05, 0.1) is 5.75 Å². The molecule has 0 atom stereocenters. The van der Waals surface area contributed by atoms with Crippen molar-refractivity contribution in [1.82, 2.24) is 0 Å². The van der Waals surface area contributed by atoms with Crippen molar-refractivity contribution in [1.29, 1.82) is 0 Å². The minimum absolute atomic E-state index is 0.272. The lowest BCUT2D eigenvalue weighted by Crippen LogP contribution is -2.29. The van der Waals surface area contributed by atoms with Crippen LogP contribution in [0, 0.1) is 0 Å². The van der Waals surface area contributed by atoms with Crippen molar-refractivity contribution in [2.45, 2.75) is 31.6 Å². The number of thioether (sulfide) groups is 1. The fraction of sp³-hybridized carbons (Fsp3) is 0.750. The standard InChI is InChI=1S/C8H12F2O4S/c1-7(2,3)14-5(11)4-15-8(9,10)6(12)13/h4H2,1-3H3,(H,12,13). The number of hydrogen-bond donors (Lipinski definition) is 1. The molecule has 1 N–H and O–H groups in total. The Hall–Kier alpha value is -0.850. The molecule has 0 saturated carbocycles. The first-order valence-corrected chi connectivity index (χ1v) is 5.00. The lowest BCUT2D eigenvalue weighted by molar-refractivity contribution is -0.153. The van der Waals surface area contributed by atoms with Crippen molar-refractivity contribution in [3.05, 3.63) is 0 Å². The van der Waals surface area contributed by atoms with E-state index in [0.29, 0.717) is 0 Å². The molecular weight excluding hydrogens is 230 g/mol. The number of carbonyl (C=O) groups excluding carboxylic acids is 1. The van der Waals surface area contributed by atoms with E-state index in [1.807, 2.05) is 0 Å². The summed E-state index contributed by atoms with van der Waals surface area (Å²) >= 11 is -0.272. The molecule has 4 nitrogen and oxygen atoms in total. The summed E-state index contributed by atoms with van der Waals surface area (Å²) in [7, 11) is 0. The van der Waals surface area contributed by atoms with Crippen LogP contribution in [0.15, 0.2) is 0 Å². The molecule has 0 aliphatic rings. The van der Waals surface area contributed by atoms with E-state index >= 15 is 0 Å². The second kappa shape index (κ2) is 4.78. The monoisotopic (exact) mass is 242 g/mol. The Morgan fingerprint density at radius 2 is 1.80 bits per heavy atom. The van der Waals surface area contributed by atoms with Crippen molar-refractivity contribution < 1.29 is 28.2 Å². The summed E-state index contributed by atoms with van der Waals surface area (Å²) in [5.41, 5.74) is -0.768. The predicted octanol–water partition coefficient (Wildman–Crippen LogP) is 1.74. The number of hydrogen-bond acceptors (Lipinski definition) is 4. The molecule has 0 aliphatic carbocycles. The number of alkyl halides is 2. The lowest BCUT2D eigenvalue weighted by atomic mass is 10.2. The van der Waals surface area contributed by atoms with Crippen LogP contribution in [0.25, 0.3) is 0 Å².